The second-order valence-electron chi connectivity index (χ2n) is 5.58. The van der Waals surface area contributed by atoms with Crippen molar-refractivity contribution in [3.05, 3.63) is 40.9 Å². The molecule has 0 aliphatic heterocycles. The van der Waals surface area contributed by atoms with Crippen LogP contribution in [0, 0.1) is 5.92 Å². The molecule has 0 bridgehead atoms. The van der Waals surface area contributed by atoms with Crippen molar-refractivity contribution < 1.29 is 9.53 Å². The molecule has 1 amide bonds. The van der Waals surface area contributed by atoms with Crippen LogP contribution in [0.2, 0.25) is 0 Å². The van der Waals surface area contributed by atoms with Crippen molar-refractivity contribution in [3.8, 4) is 5.75 Å². The predicted octanol–water partition coefficient (Wildman–Crippen LogP) is 3.90. The van der Waals surface area contributed by atoms with Crippen molar-refractivity contribution >= 4 is 32.6 Å². The fourth-order valence-corrected chi connectivity index (χ4v) is 3.09. The molecule has 1 saturated carbocycles. The highest BCUT2D eigenvalue weighted by Gasteiger charge is 2.28. The minimum Gasteiger partial charge on any atom is -0.483 e. The third-order valence-electron chi connectivity index (χ3n) is 3.90. The fraction of sp³-hybridized carbons (Fsp3) is 0.353. The van der Waals surface area contributed by atoms with Gasteiger partial charge in [-0.2, -0.15) is 0 Å². The van der Waals surface area contributed by atoms with E-state index in [4.69, 9.17) is 4.74 Å². The molecule has 2 aromatic rings. The van der Waals surface area contributed by atoms with E-state index in [1.807, 2.05) is 36.4 Å². The zero-order valence-corrected chi connectivity index (χ0v) is 13.5. The van der Waals surface area contributed by atoms with E-state index in [1.165, 1.54) is 12.8 Å². The number of hydrogen-bond acceptors (Lipinski definition) is 2. The SMILES string of the molecule is CC(NC(=O)COc1ccc2ccccc2c1Br)C1CC1. The predicted molar refractivity (Wildman–Crippen MR) is 87.5 cm³/mol. The largest absolute Gasteiger partial charge is 0.483 e. The molecule has 4 heteroatoms. The van der Waals surface area contributed by atoms with Gasteiger partial charge in [-0.1, -0.05) is 30.3 Å². The van der Waals surface area contributed by atoms with Crippen LogP contribution in [-0.4, -0.2) is 18.6 Å². The number of benzene rings is 2. The van der Waals surface area contributed by atoms with Gasteiger partial charge >= 0.3 is 0 Å². The van der Waals surface area contributed by atoms with Gasteiger partial charge in [0, 0.05) is 6.04 Å². The Morgan fingerprint density at radius 2 is 2.10 bits per heavy atom. The van der Waals surface area contributed by atoms with Gasteiger partial charge in [-0.3, -0.25) is 4.79 Å². The molecule has 1 aliphatic rings. The van der Waals surface area contributed by atoms with Crippen molar-refractivity contribution in [1.29, 1.82) is 0 Å². The summed E-state index contributed by atoms with van der Waals surface area (Å²) in [6, 6.07) is 12.2. The van der Waals surface area contributed by atoms with Gasteiger partial charge in [0.1, 0.15) is 5.75 Å². The first-order chi connectivity index (χ1) is 10.1. The Morgan fingerprint density at radius 1 is 1.33 bits per heavy atom. The third-order valence-corrected chi connectivity index (χ3v) is 4.72. The van der Waals surface area contributed by atoms with E-state index in [0.29, 0.717) is 11.7 Å². The number of fused-ring (bicyclic) bond motifs is 1. The van der Waals surface area contributed by atoms with Crippen LogP contribution in [0.5, 0.6) is 5.75 Å². The minimum atomic E-state index is -0.0607. The van der Waals surface area contributed by atoms with Crippen LogP contribution in [-0.2, 0) is 4.79 Å². The van der Waals surface area contributed by atoms with Crippen LogP contribution in [0.3, 0.4) is 0 Å². The number of amides is 1. The summed E-state index contributed by atoms with van der Waals surface area (Å²) >= 11 is 3.56. The van der Waals surface area contributed by atoms with E-state index >= 15 is 0 Å². The Kier molecular flexibility index (Phi) is 4.15. The molecule has 0 saturated heterocycles. The molecule has 0 radical (unpaired) electrons. The van der Waals surface area contributed by atoms with Crippen molar-refractivity contribution in [2.45, 2.75) is 25.8 Å². The van der Waals surface area contributed by atoms with Gasteiger partial charge in [-0.15, -0.1) is 0 Å². The Labute approximate surface area is 132 Å². The van der Waals surface area contributed by atoms with E-state index in [-0.39, 0.29) is 18.6 Å². The Balaban J connectivity index is 1.64. The van der Waals surface area contributed by atoms with Crippen molar-refractivity contribution in [2.75, 3.05) is 6.61 Å². The summed E-state index contributed by atoms with van der Waals surface area (Å²) in [6.07, 6.45) is 2.44. The molecule has 3 rings (SSSR count). The van der Waals surface area contributed by atoms with Crippen molar-refractivity contribution in [3.63, 3.8) is 0 Å². The van der Waals surface area contributed by atoms with Gasteiger partial charge < -0.3 is 10.1 Å². The molecule has 1 aliphatic carbocycles. The van der Waals surface area contributed by atoms with Crippen LogP contribution in [0.15, 0.2) is 40.9 Å². The normalized spacial score (nSPS) is 15.7. The smallest absolute Gasteiger partial charge is 0.258 e. The topological polar surface area (TPSA) is 38.3 Å². The lowest BCUT2D eigenvalue weighted by Crippen LogP contribution is -2.37. The van der Waals surface area contributed by atoms with E-state index in [9.17, 15) is 4.79 Å². The highest BCUT2D eigenvalue weighted by molar-refractivity contribution is 9.10. The average molecular weight is 348 g/mol. The summed E-state index contributed by atoms with van der Waals surface area (Å²) < 4.78 is 6.54. The summed E-state index contributed by atoms with van der Waals surface area (Å²) in [4.78, 5) is 11.9. The van der Waals surface area contributed by atoms with Gasteiger partial charge in [-0.25, -0.2) is 0 Å². The molecular formula is C17H18BrNO2. The van der Waals surface area contributed by atoms with Gasteiger partial charge in [0.05, 0.1) is 4.47 Å². The summed E-state index contributed by atoms with van der Waals surface area (Å²) in [7, 11) is 0. The van der Waals surface area contributed by atoms with Crippen LogP contribution >= 0.6 is 15.9 Å². The highest BCUT2D eigenvalue weighted by atomic mass is 79.9. The lowest BCUT2D eigenvalue weighted by molar-refractivity contribution is -0.123. The van der Waals surface area contributed by atoms with Crippen LogP contribution in [0.1, 0.15) is 19.8 Å². The van der Waals surface area contributed by atoms with Crippen LogP contribution < -0.4 is 10.1 Å². The molecule has 110 valence electrons. The summed E-state index contributed by atoms with van der Waals surface area (Å²) in [5.74, 6) is 1.29. The lowest BCUT2D eigenvalue weighted by atomic mass is 10.1. The van der Waals surface area contributed by atoms with Gasteiger partial charge in [-0.05, 0) is 58.5 Å². The molecule has 21 heavy (non-hydrogen) atoms. The standard InChI is InChI=1S/C17H18BrNO2/c1-11(12-6-7-12)19-16(20)10-21-15-9-8-13-4-2-3-5-14(13)17(15)18/h2-5,8-9,11-12H,6-7,10H2,1H3,(H,19,20). The second-order valence-corrected chi connectivity index (χ2v) is 6.37. The maximum Gasteiger partial charge on any atom is 0.258 e. The van der Waals surface area contributed by atoms with Crippen molar-refractivity contribution in [1.82, 2.24) is 5.32 Å². The van der Waals surface area contributed by atoms with Crippen molar-refractivity contribution in [2.24, 2.45) is 5.92 Å². The van der Waals surface area contributed by atoms with E-state index < -0.39 is 0 Å². The quantitative estimate of drug-likeness (QED) is 0.890. The number of rotatable bonds is 5. The molecule has 1 fully saturated rings. The zero-order chi connectivity index (χ0) is 14.8. The maximum absolute atomic E-state index is 11.9. The summed E-state index contributed by atoms with van der Waals surface area (Å²) in [5.41, 5.74) is 0. The monoisotopic (exact) mass is 347 g/mol. The first-order valence-electron chi connectivity index (χ1n) is 7.24. The van der Waals surface area contributed by atoms with E-state index in [2.05, 4.69) is 28.2 Å². The Hall–Kier alpha value is -1.55. The van der Waals surface area contributed by atoms with E-state index in [0.717, 1.165) is 15.2 Å². The molecule has 3 nitrogen and oxygen atoms in total. The number of ether oxygens (including phenoxy) is 1. The number of carbonyl (C=O) groups excluding carboxylic acids is 1. The van der Waals surface area contributed by atoms with Crippen LogP contribution in [0.25, 0.3) is 10.8 Å². The average Bonchev–Trinajstić information content (AvgIpc) is 3.31. The molecule has 0 spiro atoms. The zero-order valence-electron chi connectivity index (χ0n) is 11.9. The first kappa shape index (κ1) is 14.4. The van der Waals surface area contributed by atoms with Gasteiger partial charge in [0.15, 0.2) is 6.61 Å². The van der Waals surface area contributed by atoms with Crippen LogP contribution in [0.4, 0.5) is 0 Å². The first-order valence-corrected chi connectivity index (χ1v) is 8.04. The highest BCUT2D eigenvalue weighted by Crippen LogP contribution is 2.33. The molecule has 1 N–H and O–H groups in total. The molecule has 0 heterocycles. The molecule has 2 aromatic carbocycles. The minimum absolute atomic E-state index is 0.0496. The van der Waals surface area contributed by atoms with Gasteiger partial charge in [0.2, 0.25) is 0 Å². The second kappa shape index (κ2) is 6.06. The fourth-order valence-electron chi connectivity index (χ4n) is 2.48. The molecular weight excluding hydrogens is 330 g/mol. The summed E-state index contributed by atoms with van der Waals surface area (Å²) in [5, 5.41) is 5.22. The summed E-state index contributed by atoms with van der Waals surface area (Å²) in [6.45, 7) is 2.11. The number of halogens is 1. The third kappa shape index (κ3) is 3.38. The van der Waals surface area contributed by atoms with Gasteiger partial charge in [0.25, 0.3) is 5.91 Å². The maximum atomic E-state index is 11.9. The number of hydrogen-bond donors (Lipinski definition) is 1. The lowest BCUT2D eigenvalue weighted by Gasteiger charge is -2.14. The number of nitrogens with one attached hydrogen (secondary N) is 1. The molecule has 0 aromatic heterocycles. The molecule has 1 atom stereocenters. The Morgan fingerprint density at radius 3 is 2.86 bits per heavy atom. The Bertz CT molecular complexity index is 667. The molecule has 1 unspecified atom stereocenters. The number of carbonyl (C=O) groups is 1. The van der Waals surface area contributed by atoms with E-state index in [1.54, 1.807) is 0 Å².